The van der Waals surface area contributed by atoms with Crippen LogP contribution in [0.1, 0.15) is 13.3 Å². The van der Waals surface area contributed by atoms with Gasteiger partial charge >= 0.3 is 0 Å². The second-order valence-electron chi connectivity index (χ2n) is 4.51. The van der Waals surface area contributed by atoms with Gasteiger partial charge in [-0.25, -0.2) is 0 Å². The number of likely N-dealkylation sites (tertiary alicyclic amines) is 1. The van der Waals surface area contributed by atoms with Crippen molar-refractivity contribution >= 4 is 28.4 Å². The number of H-pyrrole nitrogens is 1. The number of anilines is 1. The minimum atomic E-state index is -0.479. The second-order valence-corrected chi connectivity index (χ2v) is 4.51. The summed E-state index contributed by atoms with van der Waals surface area (Å²) in [4.78, 5) is 25.0. The number of carbonyl (C=O) groups excluding carboxylic acids is 2. The molecule has 2 aromatic rings. The summed E-state index contributed by atoms with van der Waals surface area (Å²) in [5.41, 5.74) is 1.71. The van der Waals surface area contributed by atoms with Crippen molar-refractivity contribution in [2.24, 2.45) is 0 Å². The number of hydrogen-bond acceptors (Lipinski definition) is 4. The van der Waals surface area contributed by atoms with Crippen LogP contribution in [0.3, 0.4) is 0 Å². The van der Waals surface area contributed by atoms with E-state index >= 15 is 0 Å². The van der Waals surface area contributed by atoms with Gasteiger partial charge in [-0.15, -0.1) is 0 Å². The highest BCUT2D eigenvalue weighted by Crippen LogP contribution is 2.24. The zero-order valence-electron chi connectivity index (χ0n) is 10.5. The largest absolute Gasteiger partial charge is 0.373 e. The average Bonchev–Trinajstić information content (AvgIpc) is 2.96. The lowest BCUT2D eigenvalue weighted by Crippen LogP contribution is -2.34. The lowest BCUT2D eigenvalue weighted by atomic mass is 10.2. The summed E-state index contributed by atoms with van der Waals surface area (Å²) in [7, 11) is 0. The van der Waals surface area contributed by atoms with Gasteiger partial charge in [0.2, 0.25) is 5.91 Å². The van der Waals surface area contributed by atoms with E-state index in [1.54, 1.807) is 13.1 Å². The van der Waals surface area contributed by atoms with Crippen molar-refractivity contribution in [3.05, 3.63) is 24.4 Å². The summed E-state index contributed by atoms with van der Waals surface area (Å²) in [6.45, 7) is 2.22. The summed E-state index contributed by atoms with van der Waals surface area (Å²) in [5.74, 6) is -0.280. The summed E-state index contributed by atoms with van der Waals surface area (Å²) in [6.07, 6.45) is 1.91. The van der Waals surface area contributed by atoms with Crippen molar-refractivity contribution in [1.29, 1.82) is 0 Å². The lowest BCUT2D eigenvalue weighted by Gasteiger charge is -2.14. The number of hydrogen-bond donors (Lipinski definition) is 2. The van der Waals surface area contributed by atoms with Crippen LogP contribution in [0.5, 0.6) is 0 Å². The average molecular weight is 258 g/mol. The smallest absolute Gasteiger partial charge is 0.252 e. The van der Waals surface area contributed by atoms with E-state index in [-0.39, 0.29) is 18.2 Å². The van der Waals surface area contributed by atoms with Crippen molar-refractivity contribution in [2.75, 3.05) is 11.9 Å². The number of fused-ring (bicyclic) bond motifs is 1. The summed E-state index contributed by atoms with van der Waals surface area (Å²) >= 11 is 0. The maximum atomic E-state index is 12.0. The first-order valence-electron chi connectivity index (χ1n) is 6.23. The maximum absolute atomic E-state index is 12.0. The summed E-state index contributed by atoms with van der Waals surface area (Å²) in [5, 5.41) is 10.9. The molecule has 1 fully saturated rings. The molecule has 1 unspecified atom stereocenters. The maximum Gasteiger partial charge on any atom is 0.252 e. The van der Waals surface area contributed by atoms with Gasteiger partial charge in [-0.2, -0.15) is 5.10 Å². The van der Waals surface area contributed by atoms with Gasteiger partial charge in [0.05, 0.1) is 18.1 Å². The molecule has 0 bridgehead atoms. The quantitative estimate of drug-likeness (QED) is 0.809. The molecular formula is C13H14N4O2. The lowest BCUT2D eigenvalue weighted by molar-refractivity contribution is -0.138. The number of aromatic amines is 1. The third-order valence-electron chi connectivity index (χ3n) is 3.37. The van der Waals surface area contributed by atoms with Gasteiger partial charge in [0, 0.05) is 17.6 Å². The SMILES string of the molecule is CCN1C(=O)CC(Nc2cccc3[nH]ncc23)C1=O. The van der Waals surface area contributed by atoms with Crippen LogP contribution in [0.15, 0.2) is 24.4 Å². The van der Waals surface area contributed by atoms with Gasteiger partial charge in [-0.3, -0.25) is 19.6 Å². The van der Waals surface area contributed by atoms with E-state index in [1.165, 1.54) is 4.90 Å². The fourth-order valence-electron chi connectivity index (χ4n) is 2.41. The van der Waals surface area contributed by atoms with Crippen LogP contribution in [0, 0.1) is 0 Å². The van der Waals surface area contributed by atoms with Crippen molar-refractivity contribution in [1.82, 2.24) is 15.1 Å². The van der Waals surface area contributed by atoms with Crippen molar-refractivity contribution in [3.8, 4) is 0 Å². The number of nitrogens with one attached hydrogen (secondary N) is 2. The first-order valence-corrected chi connectivity index (χ1v) is 6.23. The molecule has 98 valence electrons. The molecule has 1 atom stereocenters. The van der Waals surface area contributed by atoms with E-state index in [0.717, 1.165) is 16.6 Å². The highest BCUT2D eigenvalue weighted by atomic mass is 16.2. The van der Waals surface area contributed by atoms with Gasteiger partial charge < -0.3 is 5.32 Å². The minimum absolute atomic E-state index is 0.121. The van der Waals surface area contributed by atoms with Crippen LogP contribution in [-0.2, 0) is 9.59 Å². The molecule has 3 rings (SSSR count). The highest BCUT2D eigenvalue weighted by Gasteiger charge is 2.37. The Bertz CT molecular complexity index is 649. The Labute approximate surface area is 109 Å². The van der Waals surface area contributed by atoms with Gasteiger partial charge in [-0.1, -0.05) is 6.07 Å². The molecule has 0 aliphatic carbocycles. The molecule has 1 saturated heterocycles. The molecule has 6 heteroatoms. The summed E-state index contributed by atoms with van der Waals surface area (Å²) in [6, 6.07) is 5.19. The molecular weight excluding hydrogens is 244 g/mol. The zero-order valence-corrected chi connectivity index (χ0v) is 10.5. The van der Waals surface area contributed by atoms with E-state index < -0.39 is 6.04 Å². The molecule has 0 saturated carbocycles. The Morgan fingerprint density at radius 3 is 3.05 bits per heavy atom. The third kappa shape index (κ3) is 1.85. The third-order valence-corrected chi connectivity index (χ3v) is 3.37. The number of rotatable bonds is 3. The number of aromatic nitrogens is 2. The number of amides is 2. The van der Waals surface area contributed by atoms with Gasteiger partial charge in [0.25, 0.3) is 5.91 Å². The predicted molar refractivity (Wildman–Crippen MR) is 70.5 cm³/mol. The van der Waals surface area contributed by atoms with E-state index in [0.29, 0.717) is 6.54 Å². The number of nitrogens with zero attached hydrogens (tertiary/aromatic N) is 2. The number of imide groups is 1. The Balaban J connectivity index is 1.88. The van der Waals surface area contributed by atoms with Crippen LogP contribution in [-0.4, -0.2) is 39.5 Å². The molecule has 1 aromatic heterocycles. The zero-order chi connectivity index (χ0) is 13.4. The van der Waals surface area contributed by atoms with E-state index in [1.807, 2.05) is 18.2 Å². The fourth-order valence-corrected chi connectivity index (χ4v) is 2.41. The van der Waals surface area contributed by atoms with Crippen LogP contribution in [0.2, 0.25) is 0 Å². The predicted octanol–water partition coefficient (Wildman–Crippen LogP) is 1.12. The minimum Gasteiger partial charge on any atom is -0.373 e. The molecule has 1 aromatic carbocycles. The van der Waals surface area contributed by atoms with E-state index in [9.17, 15) is 9.59 Å². The molecule has 19 heavy (non-hydrogen) atoms. The molecule has 1 aliphatic heterocycles. The molecule has 6 nitrogen and oxygen atoms in total. The number of likely N-dealkylation sites (N-methyl/N-ethyl adjacent to an activating group) is 1. The van der Waals surface area contributed by atoms with Gasteiger partial charge in [0.1, 0.15) is 6.04 Å². The highest BCUT2D eigenvalue weighted by molar-refractivity contribution is 6.07. The second kappa shape index (κ2) is 4.38. The molecule has 0 spiro atoms. The fraction of sp³-hybridized carbons (Fsp3) is 0.308. The Hall–Kier alpha value is -2.37. The van der Waals surface area contributed by atoms with Gasteiger partial charge in [0.15, 0.2) is 0 Å². The molecule has 0 radical (unpaired) electrons. The van der Waals surface area contributed by atoms with Crippen LogP contribution in [0.4, 0.5) is 5.69 Å². The molecule has 2 amide bonds. The molecule has 1 aliphatic rings. The van der Waals surface area contributed by atoms with Crippen molar-refractivity contribution in [2.45, 2.75) is 19.4 Å². The summed E-state index contributed by atoms with van der Waals surface area (Å²) < 4.78 is 0. The molecule has 2 heterocycles. The Kier molecular flexibility index (Phi) is 2.70. The number of benzene rings is 1. The van der Waals surface area contributed by atoms with Gasteiger partial charge in [-0.05, 0) is 19.1 Å². The normalized spacial score (nSPS) is 19.4. The van der Waals surface area contributed by atoms with E-state index in [2.05, 4.69) is 15.5 Å². The first-order chi connectivity index (χ1) is 9.20. The first kappa shape index (κ1) is 11.7. The van der Waals surface area contributed by atoms with Crippen LogP contribution in [0.25, 0.3) is 10.9 Å². The topological polar surface area (TPSA) is 78.1 Å². The monoisotopic (exact) mass is 258 g/mol. The Morgan fingerprint density at radius 2 is 2.32 bits per heavy atom. The van der Waals surface area contributed by atoms with Crippen LogP contribution >= 0.6 is 0 Å². The molecule has 2 N–H and O–H groups in total. The number of carbonyl (C=O) groups is 2. The van der Waals surface area contributed by atoms with Crippen molar-refractivity contribution < 1.29 is 9.59 Å². The van der Waals surface area contributed by atoms with Crippen LogP contribution < -0.4 is 5.32 Å². The van der Waals surface area contributed by atoms with E-state index in [4.69, 9.17) is 0 Å². The standard InChI is InChI=1S/C13H14N4O2/c1-2-17-12(18)6-11(13(17)19)15-9-4-3-5-10-8(9)7-14-16-10/h3-5,7,11,15H,2,6H2,1H3,(H,14,16). The van der Waals surface area contributed by atoms with Crippen molar-refractivity contribution in [3.63, 3.8) is 0 Å². The Morgan fingerprint density at radius 1 is 1.47 bits per heavy atom.